The van der Waals surface area contributed by atoms with E-state index in [0.29, 0.717) is 18.9 Å². The third-order valence-electron chi connectivity index (χ3n) is 4.91. The second-order valence-electron chi connectivity index (χ2n) is 7.45. The highest BCUT2D eigenvalue weighted by atomic mass is 19.1. The highest BCUT2D eigenvalue weighted by molar-refractivity contribution is 5.82. The normalized spacial score (nSPS) is 17.0. The number of aromatic nitrogens is 2. The zero-order chi connectivity index (χ0) is 20.1. The summed E-state index contributed by atoms with van der Waals surface area (Å²) in [5.74, 6) is 0.111. The van der Waals surface area contributed by atoms with Crippen molar-refractivity contribution in [1.29, 1.82) is 0 Å². The summed E-state index contributed by atoms with van der Waals surface area (Å²) in [5.41, 5.74) is 2.57. The minimum absolute atomic E-state index is 0.195. The van der Waals surface area contributed by atoms with Crippen LogP contribution >= 0.6 is 0 Å². The molecular weight excluding hydrogens is 359 g/mol. The number of anilines is 1. The van der Waals surface area contributed by atoms with Gasteiger partial charge >= 0.3 is 5.97 Å². The van der Waals surface area contributed by atoms with Crippen molar-refractivity contribution in [1.82, 2.24) is 15.5 Å². The molecule has 0 saturated heterocycles. The van der Waals surface area contributed by atoms with Gasteiger partial charge in [0.15, 0.2) is 0 Å². The van der Waals surface area contributed by atoms with Crippen LogP contribution in [0.15, 0.2) is 42.5 Å². The molecule has 0 fully saturated rings. The molecule has 1 atom stereocenters. The van der Waals surface area contributed by atoms with Crippen LogP contribution < -0.4 is 10.6 Å². The Morgan fingerprint density at radius 2 is 2.00 bits per heavy atom. The van der Waals surface area contributed by atoms with E-state index in [2.05, 4.69) is 34.7 Å². The number of nitrogens with one attached hydrogen (secondary N) is 2. The van der Waals surface area contributed by atoms with E-state index < -0.39 is 6.04 Å². The van der Waals surface area contributed by atoms with Crippen LogP contribution in [0.3, 0.4) is 0 Å². The lowest BCUT2D eigenvalue weighted by molar-refractivity contribution is -0.141. The minimum atomic E-state index is -0.454. The molecule has 2 aromatic rings. The number of halogens is 1. The SMILES string of the molecule is COC(=O)C1C=C(c2ccc(NCC(C)(C)c3ccc(F)cc3)nn2)CCN1. The van der Waals surface area contributed by atoms with Crippen LogP contribution in [-0.4, -0.2) is 42.4 Å². The first-order chi connectivity index (χ1) is 13.4. The van der Waals surface area contributed by atoms with Crippen LogP contribution in [0.1, 0.15) is 31.5 Å². The van der Waals surface area contributed by atoms with Crippen molar-refractivity contribution in [3.05, 3.63) is 59.5 Å². The van der Waals surface area contributed by atoms with Crippen molar-refractivity contribution in [2.24, 2.45) is 0 Å². The number of methoxy groups -OCH3 is 1. The molecular formula is C21H25FN4O2. The van der Waals surface area contributed by atoms with Crippen molar-refractivity contribution in [3.63, 3.8) is 0 Å². The third-order valence-corrected chi connectivity index (χ3v) is 4.91. The molecule has 0 bridgehead atoms. The van der Waals surface area contributed by atoms with E-state index in [9.17, 15) is 9.18 Å². The molecule has 2 heterocycles. The molecule has 6 nitrogen and oxygen atoms in total. The molecule has 1 aliphatic rings. The third kappa shape index (κ3) is 4.72. The Labute approximate surface area is 164 Å². The maximum Gasteiger partial charge on any atom is 0.326 e. The molecule has 0 amide bonds. The summed E-state index contributed by atoms with van der Waals surface area (Å²) in [6, 6.07) is 9.86. The predicted molar refractivity (Wildman–Crippen MR) is 106 cm³/mol. The first kappa shape index (κ1) is 19.9. The molecule has 1 aliphatic heterocycles. The highest BCUT2D eigenvalue weighted by Gasteiger charge is 2.23. The van der Waals surface area contributed by atoms with Crippen LogP contribution in [0.5, 0.6) is 0 Å². The fourth-order valence-corrected chi connectivity index (χ4v) is 3.11. The van der Waals surface area contributed by atoms with Gasteiger partial charge in [0.25, 0.3) is 0 Å². The number of carbonyl (C=O) groups excluding carboxylic acids is 1. The number of hydrogen-bond donors (Lipinski definition) is 2. The van der Waals surface area contributed by atoms with Crippen molar-refractivity contribution < 1.29 is 13.9 Å². The lowest BCUT2D eigenvalue weighted by Gasteiger charge is -2.26. The lowest BCUT2D eigenvalue weighted by atomic mass is 9.84. The number of hydrogen-bond acceptors (Lipinski definition) is 6. The van der Waals surface area contributed by atoms with Crippen molar-refractivity contribution in [3.8, 4) is 0 Å². The Morgan fingerprint density at radius 3 is 2.64 bits per heavy atom. The van der Waals surface area contributed by atoms with Gasteiger partial charge in [0.1, 0.15) is 17.7 Å². The summed E-state index contributed by atoms with van der Waals surface area (Å²) in [4.78, 5) is 11.7. The molecule has 1 aromatic carbocycles. The number of ether oxygens (including phenoxy) is 1. The number of carbonyl (C=O) groups is 1. The van der Waals surface area contributed by atoms with Crippen LogP contribution in [0, 0.1) is 5.82 Å². The van der Waals surface area contributed by atoms with Crippen molar-refractivity contribution >= 4 is 17.4 Å². The maximum absolute atomic E-state index is 13.1. The van der Waals surface area contributed by atoms with Gasteiger partial charge in [0.05, 0.1) is 12.8 Å². The second-order valence-corrected chi connectivity index (χ2v) is 7.45. The van der Waals surface area contributed by atoms with E-state index in [1.807, 2.05) is 18.2 Å². The summed E-state index contributed by atoms with van der Waals surface area (Å²) in [5, 5.41) is 14.9. The van der Waals surface area contributed by atoms with Gasteiger partial charge in [-0.3, -0.25) is 4.79 Å². The first-order valence-corrected chi connectivity index (χ1v) is 9.25. The predicted octanol–water partition coefficient (Wildman–Crippen LogP) is 2.92. The van der Waals surface area contributed by atoms with Crippen LogP contribution in [0.25, 0.3) is 5.57 Å². The number of benzene rings is 1. The Bertz CT molecular complexity index is 848. The van der Waals surface area contributed by atoms with Gasteiger partial charge in [0.2, 0.25) is 0 Å². The van der Waals surface area contributed by atoms with E-state index in [0.717, 1.165) is 23.3 Å². The standard InChI is InChI=1S/C21H25FN4O2/c1-21(2,15-4-6-16(22)7-5-15)13-24-19-9-8-17(25-26-19)14-10-11-23-18(12-14)20(27)28-3/h4-9,12,18,23H,10-11,13H2,1-3H3,(H,24,26). The molecule has 2 N–H and O–H groups in total. The van der Waals surface area contributed by atoms with Crippen molar-refractivity contribution in [2.75, 3.05) is 25.5 Å². The van der Waals surface area contributed by atoms with Gasteiger partial charge in [-0.05, 0) is 41.8 Å². The summed E-state index contributed by atoms with van der Waals surface area (Å²) in [6.45, 7) is 5.48. The number of esters is 1. The van der Waals surface area contributed by atoms with Gasteiger partial charge < -0.3 is 15.4 Å². The largest absolute Gasteiger partial charge is 0.468 e. The van der Waals surface area contributed by atoms with Crippen LogP contribution in [-0.2, 0) is 14.9 Å². The van der Waals surface area contributed by atoms with E-state index in [4.69, 9.17) is 4.74 Å². The summed E-state index contributed by atoms with van der Waals surface area (Å²) in [7, 11) is 1.37. The Balaban J connectivity index is 1.65. The average Bonchev–Trinajstić information content (AvgIpc) is 2.72. The lowest BCUT2D eigenvalue weighted by Crippen LogP contribution is -2.39. The molecule has 7 heteroatoms. The van der Waals surface area contributed by atoms with Gasteiger partial charge in [0, 0.05) is 18.5 Å². The molecule has 148 valence electrons. The molecule has 1 aromatic heterocycles. The fourth-order valence-electron chi connectivity index (χ4n) is 3.11. The van der Waals surface area contributed by atoms with Gasteiger partial charge in [-0.2, -0.15) is 0 Å². The van der Waals surface area contributed by atoms with Gasteiger partial charge in [-0.15, -0.1) is 10.2 Å². The summed E-state index contributed by atoms with van der Waals surface area (Å²) in [6.07, 6.45) is 2.61. The smallest absolute Gasteiger partial charge is 0.326 e. The van der Waals surface area contributed by atoms with Crippen LogP contribution in [0.2, 0.25) is 0 Å². The molecule has 0 aliphatic carbocycles. The highest BCUT2D eigenvalue weighted by Crippen LogP contribution is 2.24. The van der Waals surface area contributed by atoms with Crippen LogP contribution in [0.4, 0.5) is 10.2 Å². The average molecular weight is 384 g/mol. The Kier molecular flexibility index (Phi) is 6.04. The van der Waals surface area contributed by atoms with E-state index in [1.54, 1.807) is 12.1 Å². The van der Waals surface area contributed by atoms with E-state index in [1.165, 1.54) is 19.2 Å². The van der Waals surface area contributed by atoms with Crippen molar-refractivity contribution in [2.45, 2.75) is 31.7 Å². The van der Waals surface area contributed by atoms with Gasteiger partial charge in [-0.25, -0.2) is 4.39 Å². The minimum Gasteiger partial charge on any atom is -0.468 e. The number of nitrogens with zero attached hydrogens (tertiary/aromatic N) is 2. The van der Waals surface area contributed by atoms with Gasteiger partial charge in [-0.1, -0.05) is 32.1 Å². The molecule has 3 rings (SSSR count). The Hall–Kier alpha value is -2.80. The molecule has 28 heavy (non-hydrogen) atoms. The van der Waals surface area contributed by atoms with E-state index in [-0.39, 0.29) is 17.2 Å². The second kappa shape index (κ2) is 8.48. The summed E-state index contributed by atoms with van der Waals surface area (Å²) >= 11 is 0. The van der Waals surface area contributed by atoms with E-state index >= 15 is 0 Å². The monoisotopic (exact) mass is 384 g/mol. The maximum atomic E-state index is 13.1. The first-order valence-electron chi connectivity index (χ1n) is 9.25. The molecule has 0 spiro atoms. The molecule has 0 saturated carbocycles. The quantitative estimate of drug-likeness (QED) is 0.746. The molecule has 1 unspecified atom stereocenters. The summed E-state index contributed by atoms with van der Waals surface area (Å²) < 4.78 is 17.9. The zero-order valence-electron chi connectivity index (χ0n) is 16.3. The topological polar surface area (TPSA) is 76.1 Å². The fraction of sp³-hybridized carbons (Fsp3) is 0.381. The number of rotatable bonds is 6. The zero-order valence-corrected chi connectivity index (χ0v) is 16.3. The molecule has 0 radical (unpaired) electrons. The Morgan fingerprint density at radius 1 is 1.25 bits per heavy atom.